The lowest BCUT2D eigenvalue weighted by molar-refractivity contribution is -0.0504. The molecule has 0 aliphatic carbocycles. The molecule has 7 nitrogen and oxygen atoms in total. The zero-order valence-electron chi connectivity index (χ0n) is 17.6. The Balaban J connectivity index is 2.01. The van der Waals surface area contributed by atoms with E-state index in [-0.39, 0.29) is 5.75 Å². The van der Waals surface area contributed by atoms with Gasteiger partial charge in [-0.3, -0.25) is 9.67 Å². The normalized spacial score (nSPS) is 11.8. The van der Waals surface area contributed by atoms with Gasteiger partial charge in [-0.05, 0) is 26.8 Å². The Morgan fingerprint density at radius 1 is 1.21 bits per heavy atom. The van der Waals surface area contributed by atoms with Crippen LogP contribution in [0, 0.1) is 20.8 Å². The molecule has 1 aromatic carbocycles. The number of hydrogen-bond acceptors (Lipinski definition) is 4. The zero-order chi connectivity index (χ0) is 21.4. The van der Waals surface area contributed by atoms with Crippen molar-refractivity contribution in [2.24, 2.45) is 4.99 Å². The maximum absolute atomic E-state index is 12.6. The number of aliphatic imine (C=N–C) groups is 1. The summed E-state index contributed by atoms with van der Waals surface area (Å²) in [6.45, 7) is 5.14. The Labute approximate surface area is 170 Å². The molecule has 0 bridgehead atoms. The molecule has 0 saturated heterocycles. The monoisotopic (exact) mass is 409 g/mol. The highest BCUT2D eigenvalue weighted by Crippen LogP contribution is 2.22. The van der Waals surface area contributed by atoms with Gasteiger partial charge in [-0.15, -0.1) is 0 Å². The third-order valence-corrected chi connectivity index (χ3v) is 4.57. The summed E-state index contributed by atoms with van der Waals surface area (Å²) in [5.74, 6) is 0.706. The maximum Gasteiger partial charge on any atom is 0.387 e. The van der Waals surface area contributed by atoms with Crippen molar-refractivity contribution in [1.29, 1.82) is 0 Å². The first kappa shape index (κ1) is 22.6. The van der Waals surface area contributed by atoms with Crippen molar-refractivity contribution < 1.29 is 18.3 Å². The second-order valence-corrected chi connectivity index (χ2v) is 6.63. The number of halogens is 2. The topological polar surface area (TPSA) is 72.7 Å². The van der Waals surface area contributed by atoms with Crippen LogP contribution in [-0.4, -0.2) is 43.1 Å². The maximum atomic E-state index is 12.6. The number of methoxy groups -OCH3 is 1. The first-order valence-electron chi connectivity index (χ1n) is 9.36. The number of rotatable bonds is 9. The summed E-state index contributed by atoms with van der Waals surface area (Å²) in [6, 6.07) is 5.10. The number of hydrogen-bond donors (Lipinski definition) is 2. The number of alkyl halides is 2. The summed E-state index contributed by atoms with van der Waals surface area (Å²) in [5, 5.41) is 10.9. The third kappa shape index (κ3) is 6.42. The second kappa shape index (κ2) is 10.8. The minimum atomic E-state index is -2.87. The van der Waals surface area contributed by atoms with E-state index in [1.807, 2.05) is 31.5 Å². The molecule has 0 saturated carbocycles. The van der Waals surface area contributed by atoms with Gasteiger partial charge in [0.2, 0.25) is 0 Å². The van der Waals surface area contributed by atoms with Crippen molar-refractivity contribution in [2.75, 3.05) is 20.8 Å². The van der Waals surface area contributed by atoms with Crippen LogP contribution in [0.15, 0.2) is 23.2 Å². The second-order valence-electron chi connectivity index (χ2n) is 6.63. The fraction of sp³-hybridized carbons (Fsp3) is 0.500. The van der Waals surface area contributed by atoms with Crippen LogP contribution >= 0.6 is 0 Å². The molecule has 0 spiro atoms. The van der Waals surface area contributed by atoms with Crippen molar-refractivity contribution in [3.8, 4) is 5.75 Å². The van der Waals surface area contributed by atoms with Crippen LogP contribution < -0.4 is 15.4 Å². The van der Waals surface area contributed by atoms with E-state index in [4.69, 9.17) is 4.74 Å². The number of ether oxygens (including phenoxy) is 2. The highest BCUT2D eigenvalue weighted by Gasteiger charge is 2.13. The quantitative estimate of drug-likeness (QED) is 0.492. The number of nitrogens with zero attached hydrogens (tertiary/aromatic N) is 3. The Morgan fingerprint density at radius 3 is 2.59 bits per heavy atom. The van der Waals surface area contributed by atoms with E-state index in [0.717, 1.165) is 22.5 Å². The van der Waals surface area contributed by atoms with Crippen molar-refractivity contribution in [2.45, 2.75) is 47.0 Å². The molecule has 2 N–H and O–H groups in total. The predicted molar refractivity (Wildman–Crippen MR) is 108 cm³/mol. The van der Waals surface area contributed by atoms with E-state index in [1.165, 1.54) is 0 Å². The van der Waals surface area contributed by atoms with Crippen LogP contribution in [0.25, 0.3) is 0 Å². The Bertz CT molecular complexity index is 837. The number of aryl methyl sites for hydroxylation is 2. The molecule has 0 unspecified atom stereocenters. The van der Waals surface area contributed by atoms with Gasteiger partial charge >= 0.3 is 6.61 Å². The lowest BCUT2D eigenvalue weighted by Gasteiger charge is -2.15. The number of aromatic nitrogens is 2. The summed E-state index contributed by atoms with van der Waals surface area (Å²) in [4.78, 5) is 4.21. The van der Waals surface area contributed by atoms with E-state index in [2.05, 4.69) is 25.5 Å². The van der Waals surface area contributed by atoms with Gasteiger partial charge in [0.15, 0.2) is 5.96 Å². The highest BCUT2D eigenvalue weighted by atomic mass is 19.3. The van der Waals surface area contributed by atoms with Gasteiger partial charge in [0.25, 0.3) is 0 Å². The van der Waals surface area contributed by atoms with Crippen LogP contribution in [0.1, 0.15) is 28.1 Å². The fourth-order valence-electron chi connectivity index (χ4n) is 3.01. The Hall–Kier alpha value is -2.68. The van der Waals surface area contributed by atoms with E-state index < -0.39 is 6.61 Å². The molecule has 2 aromatic rings. The van der Waals surface area contributed by atoms with Crippen molar-refractivity contribution in [1.82, 2.24) is 20.4 Å². The summed E-state index contributed by atoms with van der Waals surface area (Å²) >= 11 is 0. The van der Waals surface area contributed by atoms with Crippen LogP contribution in [0.5, 0.6) is 5.75 Å². The third-order valence-electron chi connectivity index (χ3n) is 4.57. The van der Waals surface area contributed by atoms with Gasteiger partial charge < -0.3 is 20.1 Å². The summed E-state index contributed by atoms with van der Waals surface area (Å²) in [6.07, 6.45) is 0. The molecule has 1 heterocycles. The summed E-state index contributed by atoms with van der Waals surface area (Å²) < 4.78 is 36.9. The van der Waals surface area contributed by atoms with Crippen LogP contribution in [0.4, 0.5) is 8.78 Å². The average Bonchev–Trinajstić information content (AvgIpc) is 2.95. The predicted octanol–water partition coefficient (Wildman–Crippen LogP) is 2.92. The lowest BCUT2D eigenvalue weighted by Crippen LogP contribution is -2.36. The minimum absolute atomic E-state index is 0.152. The molecule has 0 amide bonds. The van der Waals surface area contributed by atoms with E-state index in [0.29, 0.717) is 37.8 Å². The molecule has 1 aromatic heterocycles. The summed E-state index contributed by atoms with van der Waals surface area (Å²) in [5.41, 5.74) is 4.68. The standard InChI is InChI=1S/C20H29F2N5O2/c1-13-6-7-18(29-19(21)22)16(10-13)11-24-20(23-4)25-12-17-14(2)26-27(15(17)3)8-9-28-5/h6-7,10,19H,8-9,11-12H2,1-5H3,(H2,23,24,25). The van der Waals surface area contributed by atoms with E-state index >= 15 is 0 Å². The Morgan fingerprint density at radius 2 is 1.93 bits per heavy atom. The summed E-state index contributed by atoms with van der Waals surface area (Å²) in [7, 11) is 3.32. The van der Waals surface area contributed by atoms with Gasteiger partial charge in [0, 0.05) is 44.1 Å². The largest absolute Gasteiger partial charge is 0.434 e. The zero-order valence-corrected chi connectivity index (χ0v) is 17.6. The van der Waals surface area contributed by atoms with E-state index in [9.17, 15) is 8.78 Å². The lowest BCUT2D eigenvalue weighted by atomic mass is 10.1. The SMILES string of the molecule is CN=C(NCc1cc(C)ccc1OC(F)F)NCc1c(C)nn(CCOC)c1C. The minimum Gasteiger partial charge on any atom is -0.434 e. The molecule has 0 radical (unpaired) electrons. The molecule has 0 atom stereocenters. The number of nitrogens with one attached hydrogen (secondary N) is 2. The van der Waals surface area contributed by atoms with Crippen LogP contribution in [-0.2, 0) is 24.4 Å². The van der Waals surface area contributed by atoms with Crippen LogP contribution in [0.2, 0.25) is 0 Å². The van der Waals surface area contributed by atoms with Crippen molar-refractivity contribution >= 4 is 5.96 Å². The fourth-order valence-corrected chi connectivity index (χ4v) is 3.01. The molecular formula is C20H29F2N5O2. The molecule has 9 heteroatoms. The molecular weight excluding hydrogens is 380 g/mol. The van der Waals surface area contributed by atoms with Gasteiger partial charge in [-0.25, -0.2) is 0 Å². The van der Waals surface area contributed by atoms with E-state index in [1.54, 1.807) is 26.3 Å². The van der Waals surface area contributed by atoms with Gasteiger partial charge in [-0.2, -0.15) is 13.9 Å². The first-order chi connectivity index (χ1) is 13.8. The van der Waals surface area contributed by atoms with Gasteiger partial charge in [0.1, 0.15) is 5.75 Å². The molecule has 0 aliphatic rings. The average molecular weight is 409 g/mol. The van der Waals surface area contributed by atoms with Crippen molar-refractivity contribution in [3.05, 3.63) is 46.3 Å². The van der Waals surface area contributed by atoms with Crippen molar-refractivity contribution in [3.63, 3.8) is 0 Å². The molecule has 160 valence electrons. The van der Waals surface area contributed by atoms with Gasteiger partial charge in [0.05, 0.1) is 18.8 Å². The molecule has 2 rings (SSSR count). The molecule has 0 aliphatic heterocycles. The highest BCUT2D eigenvalue weighted by molar-refractivity contribution is 5.79. The first-order valence-corrected chi connectivity index (χ1v) is 9.36. The Kier molecular flexibility index (Phi) is 8.38. The number of guanidine groups is 1. The van der Waals surface area contributed by atoms with Gasteiger partial charge in [-0.1, -0.05) is 17.7 Å². The smallest absolute Gasteiger partial charge is 0.387 e. The molecule has 0 fully saturated rings. The number of benzene rings is 1. The van der Waals surface area contributed by atoms with Crippen LogP contribution in [0.3, 0.4) is 0 Å². The molecule has 29 heavy (non-hydrogen) atoms.